The maximum Gasteiger partial charge on any atom is 0.179 e. The Morgan fingerprint density at radius 2 is 2.00 bits per heavy atom. The van der Waals surface area contributed by atoms with E-state index in [0.717, 1.165) is 60.3 Å². The van der Waals surface area contributed by atoms with E-state index >= 15 is 0 Å². The molecule has 1 fully saturated rings. The van der Waals surface area contributed by atoms with Gasteiger partial charge in [-0.05, 0) is 92.5 Å². The Morgan fingerprint density at radius 1 is 1.25 bits per heavy atom. The number of nitrogens with one attached hydrogen (secondary N) is 1. The first-order valence-corrected chi connectivity index (χ1v) is 13.3. The van der Waals surface area contributed by atoms with E-state index in [1.54, 1.807) is 6.07 Å². The summed E-state index contributed by atoms with van der Waals surface area (Å²) in [4.78, 5) is 20.1. The van der Waals surface area contributed by atoms with Crippen LogP contribution in [0.5, 0.6) is 0 Å². The maximum atomic E-state index is 14.9. The predicted molar refractivity (Wildman–Crippen MR) is 147 cm³/mol. The molecule has 2 unspecified atom stereocenters. The average Bonchev–Trinajstić information content (AvgIpc) is 2.85. The zero-order valence-corrected chi connectivity index (χ0v) is 22.4. The number of Topliss-reactive ketones (excluding diaryl/α,β-unsaturated/α-hetero) is 1. The molecule has 1 aromatic carbocycles. The van der Waals surface area contributed by atoms with E-state index in [9.17, 15) is 9.18 Å². The lowest BCUT2D eigenvalue weighted by atomic mass is 9.82. The van der Waals surface area contributed by atoms with Crippen LogP contribution < -0.4 is 10.2 Å². The van der Waals surface area contributed by atoms with Crippen LogP contribution in [-0.4, -0.2) is 36.4 Å². The number of hydrogen-bond acceptors (Lipinski definition) is 4. The number of aromatic nitrogens is 1. The second kappa shape index (κ2) is 11.1. The molecule has 2 heterocycles. The molecule has 4 rings (SSSR count). The number of halogens is 1. The number of anilines is 1. The molecule has 0 bridgehead atoms. The molecule has 2 atom stereocenters. The summed E-state index contributed by atoms with van der Waals surface area (Å²) in [6, 6.07) is 9.20. The minimum atomic E-state index is -0.336. The summed E-state index contributed by atoms with van der Waals surface area (Å²) in [7, 11) is 0. The molecular weight excluding hydrogens is 449 g/mol. The molecule has 1 N–H and O–H groups in total. The second-order valence-electron chi connectivity index (χ2n) is 11.3. The Morgan fingerprint density at radius 3 is 2.72 bits per heavy atom. The van der Waals surface area contributed by atoms with Gasteiger partial charge >= 0.3 is 0 Å². The Kier molecular flexibility index (Phi) is 8.09. The summed E-state index contributed by atoms with van der Waals surface area (Å²) in [5.41, 5.74) is 5.77. The third kappa shape index (κ3) is 6.12. The van der Waals surface area contributed by atoms with Crippen molar-refractivity contribution in [1.29, 1.82) is 0 Å². The summed E-state index contributed by atoms with van der Waals surface area (Å²) < 4.78 is 14.9. The first-order valence-electron chi connectivity index (χ1n) is 13.3. The molecule has 36 heavy (non-hydrogen) atoms. The second-order valence-corrected chi connectivity index (χ2v) is 11.3. The summed E-state index contributed by atoms with van der Waals surface area (Å²) in [5, 5.41) is 3.36. The van der Waals surface area contributed by atoms with Gasteiger partial charge in [0.1, 0.15) is 5.82 Å². The summed E-state index contributed by atoms with van der Waals surface area (Å²) >= 11 is 0. The van der Waals surface area contributed by atoms with Crippen molar-refractivity contribution in [2.45, 2.75) is 72.3 Å². The fraction of sp³-hybridized carbons (Fsp3) is 0.484. The largest absolute Gasteiger partial charge is 0.369 e. The quantitative estimate of drug-likeness (QED) is 0.484. The number of hydrogen-bond donors (Lipinski definition) is 1. The van der Waals surface area contributed by atoms with Gasteiger partial charge in [0.25, 0.3) is 0 Å². The molecule has 0 spiro atoms. The molecule has 2 aromatic rings. The van der Waals surface area contributed by atoms with Gasteiger partial charge in [-0.1, -0.05) is 39.0 Å². The molecular formula is C31H40FN3O. The Balaban J connectivity index is 1.37. The number of fused-ring (bicyclic) bond motifs is 1. The lowest BCUT2D eigenvalue weighted by molar-refractivity contribution is -0.116. The van der Waals surface area contributed by atoms with Crippen LogP contribution in [-0.2, 0) is 11.2 Å². The van der Waals surface area contributed by atoms with Crippen molar-refractivity contribution >= 4 is 17.5 Å². The average molecular weight is 490 g/mol. The summed E-state index contributed by atoms with van der Waals surface area (Å²) in [5.74, 6) is 0.231. The van der Waals surface area contributed by atoms with Crippen LogP contribution in [0, 0.1) is 11.2 Å². The van der Waals surface area contributed by atoms with E-state index in [1.165, 1.54) is 0 Å². The van der Waals surface area contributed by atoms with E-state index in [1.807, 2.05) is 50.4 Å². The lowest BCUT2D eigenvalue weighted by Gasteiger charge is -2.38. The minimum absolute atomic E-state index is 0.0719. The van der Waals surface area contributed by atoms with Crippen molar-refractivity contribution in [3.05, 3.63) is 76.4 Å². The number of allylic oxidation sites excluding steroid dienone is 2. The number of piperidine rings is 1. The van der Waals surface area contributed by atoms with Crippen molar-refractivity contribution in [1.82, 2.24) is 10.3 Å². The number of pyridine rings is 1. The predicted octanol–water partition coefficient (Wildman–Crippen LogP) is 6.47. The monoisotopic (exact) mass is 489 g/mol. The minimum Gasteiger partial charge on any atom is -0.369 e. The SMILES string of the molecule is CC1=CCC(C)c2ncccc2C=C1C(=O)C(C)NCCc1ccc(N2CCC(C)(C)CC2)c(F)c1. The number of carbonyl (C=O) groups is 1. The van der Waals surface area contributed by atoms with E-state index < -0.39 is 0 Å². The van der Waals surface area contributed by atoms with Crippen molar-refractivity contribution in [3.8, 4) is 0 Å². The number of carbonyl (C=O) groups excluding carboxylic acids is 1. The first-order chi connectivity index (χ1) is 17.1. The van der Waals surface area contributed by atoms with Gasteiger partial charge in [-0.2, -0.15) is 0 Å². The van der Waals surface area contributed by atoms with E-state index in [4.69, 9.17) is 0 Å². The van der Waals surface area contributed by atoms with Crippen LogP contribution in [0.2, 0.25) is 0 Å². The van der Waals surface area contributed by atoms with Gasteiger partial charge in [0.2, 0.25) is 0 Å². The van der Waals surface area contributed by atoms with Gasteiger partial charge in [0.15, 0.2) is 5.78 Å². The molecule has 5 heteroatoms. The molecule has 0 saturated carbocycles. The number of ketones is 1. The smallest absolute Gasteiger partial charge is 0.179 e. The van der Waals surface area contributed by atoms with Crippen molar-refractivity contribution in [2.75, 3.05) is 24.5 Å². The Hall–Kier alpha value is -2.79. The van der Waals surface area contributed by atoms with Gasteiger partial charge in [0.05, 0.1) is 17.4 Å². The molecule has 0 radical (unpaired) electrons. The lowest BCUT2D eigenvalue weighted by Crippen LogP contribution is -2.37. The molecule has 1 aliphatic heterocycles. The fourth-order valence-corrected chi connectivity index (χ4v) is 5.15. The van der Waals surface area contributed by atoms with Crippen LogP contribution in [0.4, 0.5) is 10.1 Å². The van der Waals surface area contributed by atoms with Gasteiger partial charge < -0.3 is 10.2 Å². The molecule has 0 amide bonds. The molecule has 192 valence electrons. The van der Waals surface area contributed by atoms with Gasteiger partial charge in [0, 0.05) is 30.8 Å². The van der Waals surface area contributed by atoms with Gasteiger partial charge in [-0.15, -0.1) is 0 Å². The molecule has 2 aliphatic rings. The van der Waals surface area contributed by atoms with E-state index in [2.05, 4.69) is 42.0 Å². The van der Waals surface area contributed by atoms with Gasteiger partial charge in [-0.25, -0.2) is 4.39 Å². The number of benzene rings is 1. The van der Waals surface area contributed by atoms with E-state index in [-0.39, 0.29) is 17.6 Å². The highest BCUT2D eigenvalue weighted by atomic mass is 19.1. The van der Waals surface area contributed by atoms with Crippen LogP contribution in [0.3, 0.4) is 0 Å². The molecule has 1 aliphatic carbocycles. The third-order valence-electron chi connectivity index (χ3n) is 7.83. The number of nitrogens with zero attached hydrogens (tertiary/aromatic N) is 2. The standard InChI is InChI=1S/C31H40FN3O/c1-21-8-9-22(2)29-25(7-6-15-34-29)20-26(21)30(36)23(3)33-16-12-24-10-11-28(27(32)19-24)35-17-13-31(4,5)14-18-35/h6-8,10-11,15,19-20,22-23,33H,9,12-14,16-18H2,1-5H3. The van der Waals surface area contributed by atoms with Crippen molar-refractivity contribution in [3.63, 3.8) is 0 Å². The highest BCUT2D eigenvalue weighted by Crippen LogP contribution is 2.33. The van der Waals surface area contributed by atoms with Crippen LogP contribution in [0.15, 0.2) is 53.8 Å². The van der Waals surface area contributed by atoms with Crippen molar-refractivity contribution < 1.29 is 9.18 Å². The van der Waals surface area contributed by atoms with Crippen molar-refractivity contribution in [2.24, 2.45) is 5.41 Å². The van der Waals surface area contributed by atoms with Crippen LogP contribution >= 0.6 is 0 Å². The molecule has 4 nitrogen and oxygen atoms in total. The zero-order valence-electron chi connectivity index (χ0n) is 22.4. The molecule has 1 aromatic heterocycles. The van der Waals surface area contributed by atoms with Crippen LogP contribution in [0.25, 0.3) is 6.08 Å². The normalized spacial score (nSPS) is 20.5. The fourth-order valence-electron chi connectivity index (χ4n) is 5.15. The third-order valence-corrected chi connectivity index (χ3v) is 7.83. The summed E-state index contributed by atoms with van der Waals surface area (Å²) in [6.45, 7) is 13.1. The van der Waals surface area contributed by atoms with Crippen LogP contribution in [0.1, 0.15) is 76.6 Å². The Labute approximate surface area is 215 Å². The number of rotatable bonds is 7. The first kappa shape index (κ1) is 26.3. The highest BCUT2D eigenvalue weighted by molar-refractivity contribution is 6.06. The van der Waals surface area contributed by atoms with Gasteiger partial charge in [-0.3, -0.25) is 9.78 Å². The zero-order chi connectivity index (χ0) is 25.9. The molecule has 1 saturated heterocycles. The summed E-state index contributed by atoms with van der Waals surface area (Å²) in [6.07, 6.45) is 9.63. The highest BCUT2D eigenvalue weighted by Gasteiger charge is 2.27. The topological polar surface area (TPSA) is 45.2 Å². The maximum absolute atomic E-state index is 14.9. The Bertz CT molecular complexity index is 1160. The van der Waals surface area contributed by atoms with E-state index in [0.29, 0.717) is 30.0 Å².